The minimum atomic E-state index is -5.20. The van der Waals surface area contributed by atoms with Gasteiger partial charge in [0.2, 0.25) is 11.7 Å². The molecule has 0 aliphatic heterocycles. The van der Waals surface area contributed by atoms with Crippen molar-refractivity contribution >= 4 is 29.1 Å². The highest BCUT2D eigenvalue weighted by atomic mass is 35.5. The third-order valence-corrected chi connectivity index (χ3v) is 7.20. The zero-order valence-electron chi connectivity index (χ0n) is 24.7. The Balaban J connectivity index is 1.75. The average molecular weight is 668 g/mol. The smallest absolute Gasteiger partial charge is 0.374 e. The fourth-order valence-electron chi connectivity index (χ4n) is 4.85. The second-order valence-corrected chi connectivity index (χ2v) is 11.4. The quantitative estimate of drug-likeness (QED) is 0.182. The second kappa shape index (κ2) is 13.1. The molecule has 0 radical (unpaired) electrons. The number of alkyl halides is 6. The Bertz CT molecular complexity index is 1740. The predicted octanol–water partition coefficient (Wildman–Crippen LogP) is 7.07. The van der Waals surface area contributed by atoms with Gasteiger partial charge < -0.3 is 15.4 Å². The predicted molar refractivity (Wildman–Crippen MR) is 157 cm³/mol. The maximum absolute atomic E-state index is 14.3. The summed E-state index contributed by atoms with van der Waals surface area (Å²) in [7, 11) is 0. The lowest BCUT2D eigenvalue weighted by molar-refractivity contribution is -0.150. The van der Waals surface area contributed by atoms with Gasteiger partial charge in [-0.1, -0.05) is 60.1 Å². The van der Waals surface area contributed by atoms with Crippen molar-refractivity contribution in [3.05, 3.63) is 111 Å². The van der Waals surface area contributed by atoms with Gasteiger partial charge in [0.05, 0.1) is 41.4 Å². The molecule has 0 unspecified atom stereocenters. The highest BCUT2D eigenvalue weighted by molar-refractivity contribution is 6.35. The van der Waals surface area contributed by atoms with E-state index in [4.69, 9.17) is 22.1 Å². The van der Waals surface area contributed by atoms with E-state index >= 15 is 0 Å². The minimum absolute atomic E-state index is 0.0146. The van der Waals surface area contributed by atoms with Crippen LogP contribution in [0.25, 0.3) is 0 Å². The van der Waals surface area contributed by atoms with Crippen LogP contribution in [0.2, 0.25) is 5.02 Å². The van der Waals surface area contributed by atoms with Gasteiger partial charge in [-0.15, -0.1) is 5.10 Å². The Morgan fingerprint density at radius 3 is 2.20 bits per heavy atom. The van der Waals surface area contributed by atoms with Gasteiger partial charge in [0, 0.05) is 5.69 Å². The molecule has 0 atom stereocenters. The summed E-state index contributed by atoms with van der Waals surface area (Å²) in [6.45, 7) is 4.46. The number of carbonyl (C=O) groups excluding carboxylic acids is 2. The SMILES string of the molecule is Cc1cc(Cn2nc(C(F)(F)F)nc2C(F)(F)F)ccc1N(C(=O)c1c(Cl)cccc1C(N)=O)C(C)(C)COCc1ccccc1. The van der Waals surface area contributed by atoms with Crippen molar-refractivity contribution in [2.24, 2.45) is 5.73 Å². The van der Waals surface area contributed by atoms with Crippen LogP contribution in [-0.4, -0.2) is 38.7 Å². The summed E-state index contributed by atoms with van der Waals surface area (Å²) in [5.74, 6) is -5.35. The van der Waals surface area contributed by atoms with Gasteiger partial charge >= 0.3 is 12.4 Å². The Hall–Kier alpha value is -4.43. The van der Waals surface area contributed by atoms with E-state index in [1.54, 1.807) is 20.8 Å². The number of nitrogens with two attached hydrogens (primary N) is 1. The fourth-order valence-corrected chi connectivity index (χ4v) is 5.10. The van der Waals surface area contributed by atoms with Crippen molar-refractivity contribution in [1.82, 2.24) is 14.8 Å². The lowest BCUT2D eigenvalue weighted by Gasteiger charge is -2.40. The van der Waals surface area contributed by atoms with Crippen LogP contribution in [0, 0.1) is 6.92 Å². The van der Waals surface area contributed by atoms with E-state index in [2.05, 4.69) is 10.1 Å². The number of aryl methyl sites for hydroxylation is 1. The first-order valence-corrected chi connectivity index (χ1v) is 14.0. The number of halogens is 7. The first-order chi connectivity index (χ1) is 21.4. The Morgan fingerprint density at radius 2 is 1.61 bits per heavy atom. The molecule has 2 N–H and O–H groups in total. The first-order valence-electron chi connectivity index (χ1n) is 13.6. The second-order valence-electron chi connectivity index (χ2n) is 11.0. The maximum atomic E-state index is 14.3. The van der Waals surface area contributed by atoms with E-state index in [0.29, 0.717) is 5.56 Å². The number of primary amides is 1. The molecule has 0 spiro atoms. The Morgan fingerprint density at radius 1 is 0.935 bits per heavy atom. The number of carbonyl (C=O) groups is 2. The van der Waals surface area contributed by atoms with Crippen LogP contribution in [0.4, 0.5) is 32.0 Å². The summed E-state index contributed by atoms with van der Waals surface area (Å²) in [6, 6.07) is 17.7. The van der Waals surface area contributed by atoms with E-state index in [0.717, 1.165) is 5.56 Å². The highest BCUT2D eigenvalue weighted by Crippen LogP contribution is 2.35. The van der Waals surface area contributed by atoms with Crippen molar-refractivity contribution in [1.29, 1.82) is 0 Å². The zero-order chi connectivity index (χ0) is 34.0. The third kappa shape index (κ3) is 7.68. The van der Waals surface area contributed by atoms with Crippen molar-refractivity contribution in [3.63, 3.8) is 0 Å². The molecule has 4 rings (SSSR count). The van der Waals surface area contributed by atoms with Crippen LogP contribution in [0.1, 0.15) is 62.9 Å². The lowest BCUT2D eigenvalue weighted by Crippen LogP contribution is -2.52. The van der Waals surface area contributed by atoms with Gasteiger partial charge in [-0.05, 0) is 55.7 Å². The van der Waals surface area contributed by atoms with E-state index in [-0.39, 0.29) is 45.3 Å². The number of amides is 2. The third-order valence-electron chi connectivity index (χ3n) is 6.88. The van der Waals surface area contributed by atoms with Crippen LogP contribution < -0.4 is 10.6 Å². The van der Waals surface area contributed by atoms with Gasteiger partial charge in [0.15, 0.2) is 0 Å². The highest BCUT2D eigenvalue weighted by Gasteiger charge is 2.44. The van der Waals surface area contributed by atoms with Gasteiger partial charge in [-0.25, -0.2) is 4.68 Å². The summed E-state index contributed by atoms with van der Waals surface area (Å²) in [5.41, 5.74) is 5.77. The number of aromatic nitrogens is 3. The molecular formula is C31H28ClF6N5O3. The molecule has 15 heteroatoms. The normalized spacial score (nSPS) is 12.3. The molecular weight excluding hydrogens is 640 g/mol. The molecule has 46 heavy (non-hydrogen) atoms. The molecule has 0 saturated carbocycles. The number of ether oxygens (including phenoxy) is 1. The van der Waals surface area contributed by atoms with Crippen LogP contribution in [-0.2, 0) is 30.2 Å². The van der Waals surface area contributed by atoms with E-state index in [1.165, 1.54) is 41.3 Å². The van der Waals surface area contributed by atoms with Crippen LogP contribution in [0.15, 0.2) is 66.7 Å². The molecule has 0 aliphatic rings. The van der Waals surface area contributed by atoms with Gasteiger partial charge in [-0.3, -0.25) is 9.59 Å². The standard InChI is InChI=1S/C31H28ClF6N5O3/c1-18-14-20(15-42-28(31(36,37)38)40-27(41-42)30(33,34)35)12-13-23(18)43(26(45)24-21(25(39)44)10-7-11-22(24)32)29(2,3)17-46-16-19-8-5-4-6-9-19/h4-14H,15-17H2,1-3H3,(H2,39,44). The number of nitrogens with zero attached hydrogens (tertiary/aromatic N) is 4. The summed E-state index contributed by atoms with van der Waals surface area (Å²) in [5, 5.41) is 3.01. The van der Waals surface area contributed by atoms with Crippen LogP contribution >= 0.6 is 11.6 Å². The van der Waals surface area contributed by atoms with E-state index in [9.17, 15) is 35.9 Å². The van der Waals surface area contributed by atoms with Crippen molar-refractivity contribution < 1.29 is 40.7 Å². The molecule has 0 aliphatic carbocycles. The number of rotatable bonds is 10. The largest absolute Gasteiger partial charge is 0.453 e. The molecule has 0 fully saturated rings. The number of anilines is 1. The van der Waals surface area contributed by atoms with E-state index in [1.807, 2.05) is 30.3 Å². The average Bonchev–Trinajstić information content (AvgIpc) is 3.40. The molecule has 4 aromatic rings. The van der Waals surface area contributed by atoms with Crippen molar-refractivity contribution in [2.45, 2.75) is 51.8 Å². The first kappa shape index (κ1) is 34.4. The van der Waals surface area contributed by atoms with Crippen molar-refractivity contribution in [2.75, 3.05) is 11.5 Å². The van der Waals surface area contributed by atoms with Gasteiger partial charge in [0.25, 0.3) is 11.7 Å². The van der Waals surface area contributed by atoms with Crippen LogP contribution in [0.5, 0.6) is 0 Å². The molecule has 0 bridgehead atoms. The van der Waals surface area contributed by atoms with E-state index < -0.39 is 47.9 Å². The summed E-state index contributed by atoms with van der Waals surface area (Å²) >= 11 is 6.40. The van der Waals surface area contributed by atoms with Gasteiger partial charge in [0.1, 0.15) is 0 Å². The maximum Gasteiger partial charge on any atom is 0.453 e. The minimum Gasteiger partial charge on any atom is -0.374 e. The van der Waals surface area contributed by atoms with Crippen LogP contribution in [0.3, 0.4) is 0 Å². The summed E-state index contributed by atoms with van der Waals surface area (Å²) in [4.78, 5) is 30.6. The zero-order valence-corrected chi connectivity index (χ0v) is 25.5. The molecule has 1 heterocycles. The molecule has 2 amide bonds. The number of hydrogen-bond acceptors (Lipinski definition) is 5. The lowest BCUT2D eigenvalue weighted by atomic mass is 9.96. The molecule has 244 valence electrons. The Kier molecular flexibility index (Phi) is 9.83. The fraction of sp³-hybridized carbons (Fsp3) is 0.290. The monoisotopic (exact) mass is 667 g/mol. The number of benzene rings is 3. The number of hydrogen-bond donors (Lipinski definition) is 1. The molecule has 1 aromatic heterocycles. The topological polar surface area (TPSA) is 103 Å². The molecule has 8 nitrogen and oxygen atoms in total. The van der Waals surface area contributed by atoms with Crippen molar-refractivity contribution in [3.8, 4) is 0 Å². The molecule has 0 saturated heterocycles. The summed E-state index contributed by atoms with van der Waals surface area (Å²) in [6.07, 6.45) is -10.4. The Labute approximate surface area is 264 Å². The summed E-state index contributed by atoms with van der Waals surface area (Å²) < 4.78 is 86.1. The van der Waals surface area contributed by atoms with Gasteiger partial charge in [-0.2, -0.15) is 31.3 Å². The molecule has 3 aromatic carbocycles.